The summed E-state index contributed by atoms with van der Waals surface area (Å²) in [6, 6.07) is 11.9. The standard InChI is InChI=1S/C24H16F5NO7S/c1-11(23(31)37-22-20(28)18(26)17(25)19(27)21(22)29)30(38(33,34)35)24(32)36-10-16-14-8-4-2-6-12(14)13-7-3-5-9-15(13)16/h2-9,11,16H,10H2,1H3,(H,33,34,35)/t11-/m0/s1. The van der Waals surface area contributed by atoms with Crippen molar-refractivity contribution in [1.82, 2.24) is 4.31 Å². The summed E-state index contributed by atoms with van der Waals surface area (Å²) in [5.74, 6) is -16.9. The van der Waals surface area contributed by atoms with E-state index in [1.165, 1.54) is 0 Å². The van der Waals surface area contributed by atoms with Crippen LogP contribution >= 0.6 is 0 Å². The Labute approximate surface area is 212 Å². The zero-order valence-corrected chi connectivity index (χ0v) is 19.9. The van der Waals surface area contributed by atoms with E-state index in [9.17, 15) is 44.5 Å². The molecule has 1 amide bonds. The summed E-state index contributed by atoms with van der Waals surface area (Å²) in [7, 11) is -5.55. The summed E-state index contributed by atoms with van der Waals surface area (Å²) in [5, 5.41) is 0. The van der Waals surface area contributed by atoms with Crippen molar-refractivity contribution in [1.29, 1.82) is 0 Å². The van der Waals surface area contributed by atoms with Gasteiger partial charge in [-0.25, -0.2) is 22.8 Å². The second-order valence-electron chi connectivity index (χ2n) is 8.07. The van der Waals surface area contributed by atoms with Gasteiger partial charge in [0.25, 0.3) is 0 Å². The molecule has 0 spiro atoms. The fourth-order valence-corrected chi connectivity index (χ4v) is 4.79. The highest BCUT2D eigenvalue weighted by Gasteiger charge is 2.40. The van der Waals surface area contributed by atoms with Crippen molar-refractivity contribution in [3.05, 3.63) is 88.7 Å². The molecule has 4 rings (SSSR count). The van der Waals surface area contributed by atoms with E-state index in [-0.39, 0.29) is 0 Å². The minimum absolute atomic E-state index is 0.446. The normalized spacial score (nSPS) is 13.4. The van der Waals surface area contributed by atoms with Crippen LogP contribution in [0, 0.1) is 29.1 Å². The van der Waals surface area contributed by atoms with Crippen molar-refractivity contribution in [3.63, 3.8) is 0 Å². The second kappa shape index (κ2) is 10.0. The fourth-order valence-electron chi connectivity index (χ4n) is 4.07. The van der Waals surface area contributed by atoms with E-state index in [0.29, 0.717) is 6.92 Å². The lowest BCUT2D eigenvalue weighted by Gasteiger charge is -2.24. The van der Waals surface area contributed by atoms with Crippen LogP contribution < -0.4 is 4.74 Å². The van der Waals surface area contributed by atoms with E-state index in [1.807, 2.05) is 12.1 Å². The molecule has 0 saturated carbocycles. The van der Waals surface area contributed by atoms with Gasteiger partial charge in [-0.2, -0.15) is 21.5 Å². The van der Waals surface area contributed by atoms with E-state index in [4.69, 9.17) is 4.74 Å². The molecule has 0 saturated heterocycles. The number of benzene rings is 3. The number of hydrogen-bond acceptors (Lipinski definition) is 6. The molecule has 0 unspecified atom stereocenters. The molecule has 1 atom stereocenters. The first-order chi connectivity index (χ1) is 17.8. The highest BCUT2D eigenvalue weighted by atomic mass is 32.2. The average molecular weight is 557 g/mol. The van der Waals surface area contributed by atoms with E-state index < -0.39 is 80.1 Å². The molecular formula is C24H16F5NO7S. The van der Waals surface area contributed by atoms with Crippen LogP contribution in [0.3, 0.4) is 0 Å². The molecule has 0 bridgehead atoms. The van der Waals surface area contributed by atoms with E-state index in [1.54, 1.807) is 36.4 Å². The van der Waals surface area contributed by atoms with E-state index in [2.05, 4.69) is 4.74 Å². The third-order valence-electron chi connectivity index (χ3n) is 5.83. The predicted molar refractivity (Wildman–Crippen MR) is 120 cm³/mol. The summed E-state index contributed by atoms with van der Waals surface area (Å²) in [6.07, 6.45) is -1.77. The molecule has 38 heavy (non-hydrogen) atoms. The van der Waals surface area contributed by atoms with E-state index >= 15 is 0 Å². The number of hydrogen-bond donors (Lipinski definition) is 1. The SMILES string of the molecule is C[C@@H](C(=O)Oc1c(F)c(F)c(F)c(F)c1F)N(C(=O)OCC1c2ccccc2-c2ccccc21)S(=O)(=O)O. The number of fused-ring (bicyclic) bond motifs is 3. The lowest BCUT2D eigenvalue weighted by molar-refractivity contribution is -0.138. The van der Waals surface area contributed by atoms with Gasteiger partial charge in [0.2, 0.25) is 34.8 Å². The van der Waals surface area contributed by atoms with Crippen molar-refractivity contribution in [2.45, 2.75) is 18.9 Å². The predicted octanol–water partition coefficient (Wildman–Crippen LogP) is 4.73. The quantitative estimate of drug-likeness (QED) is 0.117. The Morgan fingerprint density at radius 2 is 1.32 bits per heavy atom. The van der Waals surface area contributed by atoms with Gasteiger partial charge in [-0.05, 0) is 29.2 Å². The molecule has 0 aliphatic heterocycles. The van der Waals surface area contributed by atoms with Gasteiger partial charge >= 0.3 is 22.4 Å². The molecule has 14 heteroatoms. The number of carbonyl (C=O) groups excluding carboxylic acids is 2. The fraction of sp³-hybridized carbons (Fsp3) is 0.167. The van der Waals surface area contributed by atoms with Gasteiger partial charge in [0, 0.05) is 5.92 Å². The van der Waals surface area contributed by atoms with Crippen LogP contribution in [0.5, 0.6) is 5.75 Å². The first-order valence-electron chi connectivity index (χ1n) is 10.7. The highest BCUT2D eigenvalue weighted by molar-refractivity contribution is 7.84. The Balaban J connectivity index is 1.56. The minimum atomic E-state index is -5.55. The molecule has 8 nitrogen and oxygen atoms in total. The third-order valence-corrected chi connectivity index (χ3v) is 6.79. The summed E-state index contributed by atoms with van der Waals surface area (Å²) >= 11 is 0. The molecule has 3 aromatic carbocycles. The largest absolute Gasteiger partial charge is 0.448 e. The number of rotatable bonds is 6. The summed E-state index contributed by atoms with van der Waals surface area (Å²) in [5.41, 5.74) is 3.18. The van der Waals surface area contributed by atoms with Gasteiger partial charge in [0.1, 0.15) is 12.6 Å². The maximum absolute atomic E-state index is 13.9. The Bertz CT molecular complexity index is 1490. The van der Waals surface area contributed by atoms with Gasteiger partial charge in [0.05, 0.1) is 0 Å². The summed E-state index contributed by atoms with van der Waals surface area (Å²) < 4.78 is 110. The zero-order valence-electron chi connectivity index (χ0n) is 19.1. The smallest absolute Gasteiger partial charge is 0.426 e. The van der Waals surface area contributed by atoms with Crippen molar-refractivity contribution in [2.75, 3.05) is 6.61 Å². The van der Waals surface area contributed by atoms with Crippen LogP contribution in [0.15, 0.2) is 48.5 Å². The number of nitrogens with zero attached hydrogens (tertiary/aromatic N) is 1. The van der Waals surface area contributed by atoms with Crippen LogP contribution in [0.1, 0.15) is 24.0 Å². The van der Waals surface area contributed by atoms with Crippen molar-refractivity contribution >= 4 is 22.4 Å². The number of amides is 1. The second-order valence-corrected chi connectivity index (χ2v) is 9.36. The molecular weight excluding hydrogens is 541 g/mol. The molecule has 200 valence electrons. The van der Waals surface area contributed by atoms with Gasteiger partial charge in [-0.1, -0.05) is 48.5 Å². The molecule has 0 heterocycles. The monoisotopic (exact) mass is 557 g/mol. The van der Waals surface area contributed by atoms with E-state index in [0.717, 1.165) is 22.3 Å². The van der Waals surface area contributed by atoms with Crippen molar-refractivity contribution in [3.8, 4) is 16.9 Å². The van der Waals surface area contributed by atoms with Gasteiger partial charge < -0.3 is 9.47 Å². The summed E-state index contributed by atoms with van der Waals surface area (Å²) in [4.78, 5) is 25.1. The summed E-state index contributed by atoms with van der Waals surface area (Å²) in [6.45, 7) is 0.210. The first-order valence-corrected chi connectivity index (χ1v) is 12.1. The minimum Gasteiger partial charge on any atom is -0.448 e. The van der Waals surface area contributed by atoms with Crippen LogP contribution in [-0.4, -0.2) is 42.0 Å². The first kappa shape index (κ1) is 27.0. The van der Waals surface area contributed by atoms with Crippen LogP contribution in [0.4, 0.5) is 26.7 Å². The van der Waals surface area contributed by atoms with Crippen LogP contribution in [-0.2, 0) is 19.8 Å². The van der Waals surface area contributed by atoms with Crippen LogP contribution in [0.25, 0.3) is 11.1 Å². The Morgan fingerprint density at radius 3 is 1.79 bits per heavy atom. The van der Waals surface area contributed by atoms with Gasteiger partial charge in [-0.3, -0.25) is 4.55 Å². The molecule has 0 fully saturated rings. The maximum Gasteiger partial charge on any atom is 0.426 e. The molecule has 0 radical (unpaired) electrons. The number of ether oxygens (including phenoxy) is 2. The number of halogens is 5. The topological polar surface area (TPSA) is 110 Å². The number of esters is 1. The molecule has 1 aliphatic rings. The molecule has 3 aromatic rings. The lowest BCUT2D eigenvalue weighted by atomic mass is 9.98. The lowest BCUT2D eigenvalue weighted by Crippen LogP contribution is -2.48. The highest BCUT2D eigenvalue weighted by Crippen LogP contribution is 2.44. The average Bonchev–Trinajstić information content (AvgIpc) is 3.20. The molecule has 0 aromatic heterocycles. The Kier molecular flexibility index (Phi) is 7.12. The molecule has 1 N–H and O–H groups in total. The van der Waals surface area contributed by atoms with Crippen molar-refractivity contribution < 1.29 is 54.0 Å². The third kappa shape index (κ3) is 4.67. The molecule has 1 aliphatic carbocycles. The van der Waals surface area contributed by atoms with Crippen molar-refractivity contribution in [2.24, 2.45) is 0 Å². The zero-order chi connectivity index (χ0) is 27.9. The van der Waals surface area contributed by atoms with Crippen LogP contribution in [0.2, 0.25) is 0 Å². The van der Waals surface area contributed by atoms with Gasteiger partial charge in [-0.15, -0.1) is 0 Å². The van der Waals surface area contributed by atoms with Gasteiger partial charge in [0.15, 0.2) is 0 Å². The Morgan fingerprint density at radius 1 is 0.868 bits per heavy atom. The Hall–Kier alpha value is -4.04. The maximum atomic E-state index is 13.9. The number of carbonyl (C=O) groups is 2.